The zero-order valence-corrected chi connectivity index (χ0v) is 16.2. The van der Waals surface area contributed by atoms with Crippen LogP contribution in [0.1, 0.15) is 38.8 Å². The van der Waals surface area contributed by atoms with Crippen LogP contribution in [0.25, 0.3) is 0 Å². The summed E-state index contributed by atoms with van der Waals surface area (Å²) in [6.07, 6.45) is 1.06. The van der Waals surface area contributed by atoms with E-state index in [-0.39, 0.29) is 4.75 Å². The molecule has 1 N–H and O–H groups in total. The average molecular weight is 338 g/mol. The number of hydrogen-bond donors (Lipinski definition) is 1. The molecule has 0 heterocycles. The van der Waals surface area contributed by atoms with Crippen molar-refractivity contribution in [3.63, 3.8) is 0 Å². The van der Waals surface area contributed by atoms with E-state index in [0.717, 1.165) is 18.9 Å². The van der Waals surface area contributed by atoms with Crippen LogP contribution in [0.15, 0.2) is 29.3 Å². The first-order valence-corrected chi connectivity index (χ1v) is 9.48. The van der Waals surface area contributed by atoms with Gasteiger partial charge in [0.25, 0.3) is 0 Å². The Labute approximate surface area is 143 Å². The van der Waals surface area contributed by atoms with Gasteiger partial charge in [-0.15, -0.1) is 0 Å². The molecule has 0 bridgehead atoms. The summed E-state index contributed by atoms with van der Waals surface area (Å²) in [5.41, 5.74) is 2.61. The summed E-state index contributed by atoms with van der Waals surface area (Å²) in [5, 5.41) is 3.30. The highest BCUT2D eigenvalue weighted by molar-refractivity contribution is 7.86. The zero-order chi connectivity index (χ0) is 17.5. The van der Waals surface area contributed by atoms with Gasteiger partial charge in [-0.1, -0.05) is 31.2 Å². The molecule has 130 valence electrons. The summed E-state index contributed by atoms with van der Waals surface area (Å²) in [6.45, 7) is 9.63. The zero-order valence-electron chi connectivity index (χ0n) is 15.3. The lowest BCUT2D eigenvalue weighted by Gasteiger charge is -2.23. The van der Waals surface area contributed by atoms with E-state index in [1.165, 1.54) is 11.1 Å². The Balaban J connectivity index is 2.51. The molecule has 0 saturated heterocycles. The molecule has 1 atom stereocenters. The summed E-state index contributed by atoms with van der Waals surface area (Å²) in [7, 11) is 2.95. The second-order valence-corrected chi connectivity index (χ2v) is 8.99. The molecule has 23 heavy (non-hydrogen) atoms. The summed E-state index contributed by atoms with van der Waals surface area (Å²) in [5.74, 6) is 1.46. The van der Waals surface area contributed by atoms with Crippen LogP contribution in [0.5, 0.6) is 0 Å². The molecule has 0 aliphatic heterocycles. The van der Waals surface area contributed by atoms with Crippen molar-refractivity contribution >= 4 is 16.8 Å². The smallest absolute Gasteiger partial charge is 0.193 e. The minimum atomic E-state index is -0.847. The highest BCUT2D eigenvalue weighted by atomic mass is 32.2. The van der Waals surface area contributed by atoms with Crippen LogP contribution in [0.2, 0.25) is 0 Å². The minimum Gasteiger partial charge on any atom is -0.355 e. The third-order valence-corrected chi connectivity index (χ3v) is 5.62. The van der Waals surface area contributed by atoms with Crippen molar-refractivity contribution in [2.75, 3.05) is 26.4 Å². The quantitative estimate of drug-likeness (QED) is 0.641. The van der Waals surface area contributed by atoms with Gasteiger partial charge in [-0.05, 0) is 38.3 Å². The maximum atomic E-state index is 12.1. The molecule has 0 radical (unpaired) electrons. The molecule has 0 aliphatic rings. The topological polar surface area (TPSA) is 44.7 Å². The van der Waals surface area contributed by atoms with Gasteiger partial charge in [-0.2, -0.15) is 0 Å². The predicted molar refractivity (Wildman–Crippen MR) is 101 cm³/mol. The number of aliphatic imine (C=N–C) groups is 1. The van der Waals surface area contributed by atoms with Crippen LogP contribution in [-0.4, -0.2) is 46.2 Å². The van der Waals surface area contributed by atoms with Crippen LogP contribution in [0.4, 0.5) is 0 Å². The van der Waals surface area contributed by atoms with Crippen LogP contribution in [0, 0.1) is 0 Å². The lowest BCUT2D eigenvalue weighted by Crippen LogP contribution is -2.41. The molecule has 0 saturated carbocycles. The number of rotatable bonds is 6. The van der Waals surface area contributed by atoms with Crippen LogP contribution in [-0.2, 0) is 23.8 Å². The van der Waals surface area contributed by atoms with Gasteiger partial charge in [-0.25, -0.2) is 0 Å². The molecule has 5 heteroatoms. The number of guanidine groups is 1. The Morgan fingerprint density at radius 1 is 1.22 bits per heavy atom. The van der Waals surface area contributed by atoms with Gasteiger partial charge < -0.3 is 10.2 Å². The number of aryl methyl sites for hydroxylation is 1. The van der Waals surface area contributed by atoms with Gasteiger partial charge in [0.15, 0.2) is 5.96 Å². The summed E-state index contributed by atoms with van der Waals surface area (Å²) in [6, 6.07) is 8.67. The van der Waals surface area contributed by atoms with Crippen LogP contribution >= 0.6 is 0 Å². The maximum Gasteiger partial charge on any atom is 0.193 e. The summed E-state index contributed by atoms with van der Waals surface area (Å²) < 4.78 is 11.9. The number of benzene rings is 1. The number of hydrogen-bond acceptors (Lipinski definition) is 2. The van der Waals surface area contributed by atoms with E-state index < -0.39 is 10.8 Å². The Kier molecular flexibility index (Phi) is 7.76. The lowest BCUT2D eigenvalue weighted by molar-refractivity contribution is 0.479. The van der Waals surface area contributed by atoms with E-state index in [1.807, 2.05) is 27.8 Å². The second kappa shape index (κ2) is 9.06. The molecule has 1 aromatic carbocycles. The number of nitrogens with zero attached hydrogens (tertiary/aromatic N) is 2. The fraction of sp³-hybridized carbons (Fsp3) is 0.611. The van der Waals surface area contributed by atoms with Gasteiger partial charge in [0.1, 0.15) is 0 Å². The van der Waals surface area contributed by atoms with E-state index in [1.54, 1.807) is 7.05 Å². The standard InChI is InChI=1S/C18H31N3OS/c1-7-15-8-10-16(11-9-15)14-21(6)17(19-5)20-12-13-23(22)18(2,3)4/h8-11H,7,12-14H2,1-6H3,(H,19,20). The predicted octanol–water partition coefficient (Wildman–Crippen LogP) is 2.80. The largest absolute Gasteiger partial charge is 0.355 e. The van der Waals surface area contributed by atoms with Crippen molar-refractivity contribution in [3.8, 4) is 0 Å². The molecule has 0 aromatic heterocycles. The Hall–Kier alpha value is -1.36. The van der Waals surface area contributed by atoms with Gasteiger partial charge >= 0.3 is 0 Å². The number of nitrogens with one attached hydrogen (secondary N) is 1. The van der Waals surface area contributed by atoms with Crippen molar-refractivity contribution in [2.24, 2.45) is 4.99 Å². The first kappa shape index (κ1) is 19.7. The van der Waals surface area contributed by atoms with Gasteiger partial charge in [0.2, 0.25) is 0 Å². The third-order valence-electron chi connectivity index (χ3n) is 3.68. The summed E-state index contributed by atoms with van der Waals surface area (Å²) >= 11 is 0. The molecular weight excluding hydrogens is 306 g/mol. The second-order valence-electron chi connectivity index (χ2n) is 6.66. The van der Waals surface area contributed by atoms with E-state index in [4.69, 9.17) is 0 Å². The molecule has 0 fully saturated rings. The Bertz CT molecular complexity index is 532. The van der Waals surface area contributed by atoms with Gasteiger partial charge in [0.05, 0.1) is 0 Å². The average Bonchev–Trinajstić information content (AvgIpc) is 2.51. The first-order chi connectivity index (χ1) is 10.8. The first-order valence-electron chi connectivity index (χ1n) is 8.16. The molecular formula is C18H31N3OS. The van der Waals surface area contributed by atoms with Crippen molar-refractivity contribution in [1.82, 2.24) is 10.2 Å². The van der Waals surface area contributed by atoms with Crippen molar-refractivity contribution in [3.05, 3.63) is 35.4 Å². The van der Waals surface area contributed by atoms with Crippen LogP contribution < -0.4 is 5.32 Å². The van der Waals surface area contributed by atoms with Crippen molar-refractivity contribution < 1.29 is 4.21 Å². The molecule has 1 aromatic rings. The fourth-order valence-electron chi connectivity index (χ4n) is 2.18. The summed E-state index contributed by atoms with van der Waals surface area (Å²) in [4.78, 5) is 6.39. The maximum absolute atomic E-state index is 12.1. The molecule has 0 amide bonds. The molecule has 1 unspecified atom stereocenters. The minimum absolute atomic E-state index is 0.169. The lowest BCUT2D eigenvalue weighted by atomic mass is 10.1. The molecule has 4 nitrogen and oxygen atoms in total. The SMILES string of the molecule is CCc1ccc(CN(C)C(=NC)NCCS(=O)C(C)(C)C)cc1. The molecule has 1 rings (SSSR count). The van der Waals surface area contributed by atoms with E-state index in [2.05, 4.69) is 46.4 Å². The Morgan fingerprint density at radius 2 is 1.78 bits per heavy atom. The normalized spacial score (nSPS) is 13.7. The third kappa shape index (κ3) is 6.73. The molecule has 0 spiro atoms. The van der Waals surface area contributed by atoms with Crippen molar-refractivity contribution in [2.45, 2.75) is 45.4 Å². The van der Waals surface area contributed by atoms with E-state index in [9.17, 15) is 4.21 Å². The van der Waals surface area contributed by atoms with Crippen molar-refractivity contribution in [1.29, 1.82) is 0 Å². The highest BCUT2D eigenvalue weighted by Gasteiger charge is 2.19. The Morgan fingerprint density at radius 3 is 2.26 bits per heavy atom. The van der Waals surface area contributed by atoms with Gasteiger partial charge in [0, 0.05) is 48.5 Å². The monoisotopic (exact) mass is 337 g/mol. The van der Waals surface area contributed by atoms with E-state index >= 15 is 0 Å². The molecule has 0 aliphatic carbocycles. The van der Waals surface area contributed by atoms with Crippen LogP contribution in [0.3, 0.4) is 0 Å². The van der Waals surface area contributed by atoms with Gasteiger partial charge in [-0.3, -0.25) is 9.20 Å². The fourth-order valence-corrected chi connectivity index (χ4v) is 3.08. The highest BCUT2D eigenvalue weighted by Crippen LogP contribution is 2.11. The van der Waals surface area contributed by atoms with E-state index in [0.29, 0.717) is 12.3 Å².